The molecule has 1 aromatic carbocycles. The third-order valence-corrected chi connectivity index (χ3v) is 3.05. The Bertz CT molecular complexity index is 479. The molecule has 0 aliphatic heterocycles. The first-order valence-electron chi connectivity index (χ1n) is 5.53. The van der Waals surface area contributed by atoms with Crippen LogP contribution in [-0.2, 0) is 0 Å². The summed E-state index contributed by atoms with van der Waals surface area (Å²) in [7, 11) is 1.66. The lowest BCUT2D eigenvalue weighted by molar-refractivity contribution is 0.0693. The summed E-state index contributed by atoms with van der Waals surface area (Å²) in [5, 5.41) is 20.8. The number of phenols is 1. The van der Waals surface area contributed by atoms with Crippen molar-refractivity contribution in [3.8, 4) is 5.75 Å². The van der Waals surface area contributed by atoms with Crippen LogP contribution in [0.4, 0.5) is 10.5 Å². The monoisotopic (exact) mass is 284 g/mol. The Kier molecular flexibility index (Phi) is 5.50. The predicted molar refractivity (Wildman–Crippen MR) is 75.1 cm³/mol. The Morgan fingerprint density at radius 2 is 2.11 bits per heavy atom. The van der Waals surface area contributed by atoms with Gasteiger partial charge in [-0.15, -0.1) is 0 Å². The van der Waals surface area contributed by atoms with Crippen LogP contribution in [0, 0.1) is 0 Å². The van der Waals surface area contributed by atoms with E-state index in [1.807, 2.05) is 6.26 Å². The lowest BCUT2D eigenvalue weighted by Crippen LogP contribution is -2.33. The molecule has 0 aliphatic carbocycles. The van der Waals surface area contributed by atoms with Gasteiger partial charge in [-0.05, 0) is 24.5 Å². The van der Waals surface area contributed by atoms with Gasteiger partial charge in [0.15, 0.2) is 0 Å². The molecular formula is C12H16N2O4S. The van der Waals surface area contributed by atoms with Gasteiger partial charge in [-0.3, -0.25) is 0 Å². The number of anilines is 1. The Balaban J connectivity index is 2.74. The first kappa shape index (κ1) is 15.2. The van der Waals surface area contributed by atoms with Crippen molar-refractivity contribution >= 4 is 29.4 Å². The number of carbonyl (C=O) groups excluding carboxylic acids is 1. The number of carboxylic acids is 1. The summed E-state index contributed by atoms with van der Waals surface area (Å²) in [6.45, 7) is 0.594. The number of nitrogens with one attached hydrogen (secondary N) is 1. The lowest BCUT2D eigenvalue weighted by Gasteiger charge is -2.17. The molecule has 0 saturated heterocycles. The Hall–Kier alpha value is -1.89. The van der Waals surface area contributed by atoms with E-state index in [4.69, 9.17) is 5.11 Å². The molecule has 0 aliphatic rings. The van der Waals surface area contributed by atoms with Crippen LogP contribution in [0.2, 0.25) is 0 Å². The second-order valence-corrected chi connectivity index (χ2v) is 4.87. The molecule has 7 heteroatoms. The Morgan fingerprint density at radius 1 is 1.42 bits per heavy atom. The molecule has 6 nitrogen and oxygen atoms in total. The summed E-state index contributed by atoms with van der Waals surface area (Å²) in [5.74, 6) is -0.759. The number of aromatic carboxylic acids is 1. The third kappa shape index (κ3) is 4.36. The number of amides is 2. The van der Waals surface area contributed by atoms with Crippen LogP contribution in [0.5, 0.6) is 5.75 Å². The highest BCUT2D eigenvalue weighted by molar-refractivity contribution is 7.98. The van der Waals surface area contributed by atoms with Gasteiger partial charge >= 0.3 is 12.0 Å². The number of benzene rings is 1. The molecule has 104 valence electrons. The normalized spacial score (nSPS) is 10.0. The molecule has 0 fully saturated rings. The molecule has 0 atom stereocenters. The molecule has 2 amide bonds. The number of aromatic hydroxyl groups is 1. The minimum atomic E-state index is -1.25. The first-order valence-corrected chi connectivity index (χ1v) is 6.92. The molecule has 0 saturated carbocycles. The van der Waals surface area contributed by atoms with Gasteiger partial charge in [0.1, 0.15) is 11.3 Å². The SMILES string of the molecule is CSCCN(C)C(=O)Nc1ccc(O)c(C(=O)O)c1. The van der Waals surface area contributed by atoms with Crippen LogP contribution in [0.1, 0.15) is 10.4 Å². The van der Waals surface area contributed by atoms with Crippen LogP contribution < -0.4 is 5.32 Å². The van der Waals surface area contributed by atoms with E-state index in [2.05, 4.69) is 5.32 Å². The zero-order valence-corrected chi connectivity index (χ0v) is 11.5. The van der Waals surface area contributed by atoms with Gasteiger partial charge in [-0.1, -0.05) is 0 Å². The molecule has 0 unspecified atom stereocenters. The average molecular weight is 284 g/mol. The van der Waals surface area contributed by atoms with Gasteiger partial charge in [0.05, 0.1) is 0 Å². The van der Waals surface area contributed by atoms with Crippen LogP contribution in [0.25, 0.3) is 0 Å². The molecule has 0 heterocycles. The number of urea groups is 1. The van der Waals surface area contributed by atoms with Crippen molar-refractivity contribution in [1.29, 1.82) is 0 Å². The van der Waals surface area contributed by atoms with Crippen LogP contribution in [-0.4, -0.2) is 52.7 Å². The fraction of sp³-hybridized carbons (Fsp3) is 0.333. The summed E-state index contributed by atoms with van der Waals surface area (Å²) in [6, 6.07) is 3.58. The summed E-state index contributed by atoms with van der Waals surface area (Å²) < 4.78 is 0. The van der Waals surface area contributed by atoms with E-state index in [-0.39, 0.29) is 17.3 Å². The number of nitrogens with zero attached hydrogens (tertiary/aromatic N) is 1. The minimum absolute atomic E-state index is 0.246. The number of hydrogen-bond acceptors (Lipinski definition) is 4. The van der Waals surface area contributed by atoms with Gasteiger partial charge in [-0.2, -0.15) is 11.8 Å². The van der Waals surface area contributed by atoms with E-state index >= 15 is 0 Å². The lowest BCUT2D eigenvalue weighted by atomic mass is 10.2. The van der Waals surface area contributed by atoms with E-state index < -0.39 is 5.97 Å². The smallest absolute Gasteiger partial charge is 0.339 e. The largest absolute Gasteiger partial charge is 0.507 e. The topological polar surface area (TPSA) is 89.9 Å². The number of carbonyl (C=O) groups is 2. The summed E-state index contributed by atoms with van der Waals surface area (Å²) >= 11 is 1.63. The van der Waals surface area contributed by atoms with E-state index in [1.165, 1.54) is 23.1 Å². The maximum absolute atomic E-state index is 11.8. The number of thioether (sulfide) groups is 1. The second-order valence-electron chi connectivity index (χ2n) is 3.88. The van der Waals surface area contributed by atoms with Crippen molar-refractivity contribution in [1.82, 2.24) is 4.90 Å². The summed E-state index contributed by atoms with van der Waals surface area (Å²) in [5.41, 5.74) is 0.0840. The average Bonchev–Trinajstić information content (AvgIpc) is 2.37. The minimum Gasteiger partial charge on any atom is -0.507 e. The van der Waals surface area contributed by atoms with Crippen molar-refractivity contribution < 1.29 is 19.8 Å². The number of rotatable bonds is 5. The van der Waals surface area contributed by atoms with Crippen molar-refractivity contribution in [2.45, 2.75) is 0 Å². The van der Waals surface area contributed by atoms with Crippen LogP contribution in [0.15, 0.2) is 18.2 Å². The molecule has 1 aromatic rings. The number of hydrogen-bond donors (Lipinski definition) is 3. The Labute approximate surface area is 115 Å². The molecule has 1 rings (SSSR count). The van der Waals surface area contributed by atoms with Gasteiger partial charge in [0, 0.05) is 25.0 Å². The quantitative estimate of drug-likeness (QED) is 0.719. The molecule has 19 heavy (non-hydrogen) atoms. The predicted octanol–water partition coefficient (Wildman–Crippen LogP) is 1.92. The third-order valence-electron chi connectivity index (χ3n) is 2.46. The maximum atomic E-state index is 11.8. The van der Waals surface area contributed by atoms with Gasteiger partial charge < -0.3 is 20.4 Å². The van der Waals surface area contributed by atoms with Crippen molar-refractivity contribution in [3.63, 3.8) is 0 Å². The van der Waals surface area contributed by atoms with Gasteiger partial charge in [-0.25, -0.2) is 9.59 Å². The molecule has 3 N–H and O–H groups in total. The van der Waals surface area contributed by atoms with Crippen LogP contribution >= 0.6 is 11.8 Å². The van der Waals surface area contributed by atoms with Crippen molar-refractivity contribution in [3.05, 3.63) is 23.8 Å². The molecule has 0 aromatic heterocycles. The fourth-order valence-electron chi connectivity index (χ4n) is 1.33. The highest BCUT2D eigenvalue weighted by atomic mass is 32.2. The van der Waals surface area contributed by atoms with E-state index in [1.54, 1.807) is 18.8 Å². The molecule has 0 spiro atoms. The highest BCUT2D eigenvalue weighted by Crippen LogP contribution is 2.21. The summed E-state index contributed by atoms with van der Waals surface area (Å²) in [4.78, 5) is 24.1. The van der Waals surface area contributed by atoms with Crippen molar-refractivity contribution in [2.75, 3.05) is 30.9 Å². The molecule has 0 radical (unpaired) electrons. The standard InChI is InChI=1S/C12H16N2O4S/c1-14(5-6-19-2)12(18)13-8-3-4-10(15)9(7-8)11(16)17/h3-4,7,15H,5-6H2,1-2H3,(H,13,18)(H,16,17). The Morgan fingerprint density at radius 3 is 2.68 bits per heavy atom. The fourth-order valence-corrected chi connectivity index (χ4v) is 1.79. The maximum Gasteiger partial charge on any atom is 0.339 e. The van der Waals surface area contributed by atoms with Gasteiger partial charge in [0.25, 0.3) is 0 Å². The van der Waals surface area contributed by atoms with Gasteiger partial charge in [0.2, 0.25) is 0 Å². The molecular weight excluding hydrogens is 268 g/mol. The van der Waals surface area contributed by atoms with Crippen molar-refractivity contribution in [2.24, 2.45) is 0 Å². The van der Waals surface area contributed by atoms with E-state index in [0.29, 0.717) is 12.2 Å². The second kappa shape index (κ2) is 6.89. The van der Waals surface area contributed by atoms with E-state index in [9.17, 15) is 14.7 Å². The zero-order chi connectivity index (χ0) is 14.4. The highest BCUT2D eigenvalue weighted by Gasteiger charge is 2.13. The molecule has 0 bridgehead atoms. The number of carboxylic acid groups (broad SMARTS) is 1. The first-order chi connectivity index (χ1) is 8.95. The van der Waals surface area contributed by atoms with E-state index in [0.717, 1.165) is 5.75 Å². The summed E-state index contributed by atoms with van der Waals surface area (Å²) in [6.07, 6.45) is 1.95. The van der Waals surface area contributed by atoms with Crippen LogP contribution in [0.3, 0.4) is 0 Å². The zero-order valence-electron chi connectivity index (χ0n) is 10.7.